The molecular formula is C23H35N3O. The van der Waals surface area contributed by atoms with Gasteiger partial charge in [0.05, 0.1) is 0 Å². The molecule has 1 aromatic carbocycles. The number of carbonyl (C=O) groups excluding carboxylic acids is 1. The molecule has 0 aliphatic heterocycles. The van der Waals surface area contributed by atoms with Crippen molar-refractivity contribution in [3.63, 3.8) is 0 Å². The largest absolute Gasteiger partial charge is 0.382 e. The first kappa shape index (κ1) is 21.2. The van der Waals surface area contributed by atoms with Gasteiger partial charge >= 0.3 is 0 Å². The van der Waals surface area contributed by atoms with Gasteiger partial charge in [0.1, 0.15) is 0 Å². The fourth-order valence-electron chi connectivity index (χ4n) is 3.82. The van der Waals surface area contributed by atoms with Crippen molar-refractivity contribution in [3.05, 3.63) is 48.6 Å². The summed E-state index contributed by atoms with van der Waals surface area (Å²) in [6, 6.07) is 7.31. The average Bonchev–Trinajstić information content (AvgIpc) is 2.69. The number of nitrogens with one attached hydrogen (secondary N) is 2. The number of nitrogens with zero attached hydrogens (tertiary/aromatic N) is 1. The van der Waals surface area contributed by atoms with E-state index in [1.807, 2.05) is 12.2 Å². The minimum Gasteiger partial charge on any atom is -0.382 e. The van der Waals surface area contributed by atoms with Crippen molar-refractivity contribution in [3.8, 4) is 0 Å². The zero-order valence-electron chi connectivity index (χ0n) is 17.0. The third kappa shape index (κ3) is 6.55. The molecule has 0 aromatic heterocycles. The first-order chi connectivity index (χ1) is 13.1. The van der Waals surface area contributed by atoms with Gasteiger partial charge in [0.15, 0.2) is 0 Å². The molecule has 1 aromatic rings. The van der Waals surface area contributed by atoms with Crippen LogP contribution in [0, 0.1) is 0 Å². The number of anilines is 1. The van der Waals surface area contributed by atoms with Crippen molar-refractivity contribution in [1.82, 2.24) is 10.2 Å². The standard InChI is InChI=1S/C23H35N3O/c1-5-18-12-13-21(25-20-10-8-7-9-11-20)16-19(18)17-26(4)22(6-2)14-15-23(27)24-3/h5-6,12-13,16,20,22,25H,1-2,7-11,14-15,17H2,3-4H3,(H,24,27). The second-order valence-electron chi connectivity index (χ2n) is 7.53. The highest BCUT2D eigenvalue weighted by Crippen LogP contribution is 2.25. The molecule has 1 fully saturated rings. The molecule has 1 unspecified atom stereocenters. The smallest absolute Gasteiger partial charge is 0.219 e. The number of carbonyl (C=O) groups is 1. The van der Waals surface area contributed by atoms with E-state index in [0.717, 1.165) is 18.5 Å². The molecule has 0 spiro atoms. The maximum atomic E-state index is 11.6. The van der Waals surface area contributed by atoms with Crippen LogP contribution in [0.1, 0.15) is 56.1 Å². The lowest BCUT2D eigenvalue weighted by atomic mass is 9.95. The van der Waals surface area contributed by atoms with Gasteiger partial charge in [0, 0.05) is 37.8 Å². The van der Waals surface area contributed by atoms with Crippen molar-refractivity contribution in [1.29, 1.82) is 0 Å². The van der Waals surface area contributed by atoms with Crippen molar-refractivity contribution in [2.24, 2.45) is 0 Å². The fourth-order valence-corrected chi connectivity index (χ4v) is 3.82. The van der Waals surface area contributed by atoms with Crippen LogP contribution in [-0.2, 0) is 11.3 Å². The topological polar surface area (TPSA) is 44.4 Å². The molecule has 0 radical (unpaired) electrons. The summed E-state index contributed by atoms with van der Waals surface area (Å²) < 4.78 is 0. The van der Waals surface area contributed by atoms with Crippen LogP contribution in [-0.4, -0.2) is 37.0 Å². The van der Waals surface area contributed by atoms with Gasteiger partial charge in [-0.05, 0) is 49.6 Å². The SMILES string of the molecule is C=Cc1ccc(NC2CCCCC2)cc1CN(C)C(C=C)CCC(=O)NC. The van der Waals surface area contributed by atoms with Gasteiger partial charge in [0.25, 0.3) is 0 Å². The fraction of sp³-hybridized carbons (Fsp3) is 0.522. The Morgan fingerprint density at radius 3 is 2.67 bits per heavy atom. The van der Waals surface area contributed by atoms with Crippen molar-refractivity contribution in [2.45, 2.75) is 63.6 Å². The maximum Gasteiger partial charge on any atom is 0.219 e. The van der Waals surface area contributed by atoms with E-state index < -0.39 is 0 Å². The summed E-state index contributed by atoms with van der Waals surface area (Å²) in [5, 5.41) is 6.40. The Morgan fingerprint density at radius 1 is 1.30 bits per heavy atom. The molecule has 1 aliphatic rings. The minimum atomic E-state index is 0.0701. The van der Waals surface area contributed by atoms with Crippen LogP contribution in [0.4, 0.5) is 5.69 Å². The summed E-state index contributed by atoms with van der Waals surface area (Å²) in [5.74, 6) is 0.0701. The summed E-state index contributed by atoms with van der Waals surface area (Å²) >= 11 is 0. The lowest BCUT2D eigenvalue weighted by molar-refractivity contribution is -0.120. The highest BCUT2D eigenvalue weighted by molar-refractivity contribution is 5.75. The molecule has 0 bridgehead atoms. The molecule has 0 saturated heterocycles. The molecule has 27 heavy (non-hydrogen) atoms. The maximum absolute atomic E-state index is 11.6. The Balaban J connectivity index is 2.05. The molecular weight excluding hydrogens is 334 g/mol. The van der Waals surface area contributed by atoms with E-state index >= 15 is 0 Å². The van der Waals surface area contributed by atoms with Crippen molar-refractivity contribution >= 4 is 17.7 Å². The second-order valence-corrected chi connectivity index (χ2v) is 7.53. The zero-order chi connectivity index (χ0) is 19.6. The molecule has 2 N–H and O–H groups in total. The minimum absolute atomic E-state index is 0.0701. The van der Waals surface area contributed by atoms with E-state index in [1.165, 1.54) is 43.4 Å². The zero-order valence-corrected chi connectivity index (χ0v) is 17.0. The summed E-state index contributed by atoms with van der Waals surface area (Å²) in [4.78, 5) is 13.8. The number of benzene rings is 1. The molecule has 1 atom stereocenters. The van der Waals surface area contributed by atoms with Gasteiger partial charge in [-0.1, -0.05) is 44.1 Å². The van der Waals surface area contributed by atoms with E-state index in [4.69, 9.17) is 0 Å². The van der Waals surface area contributed by atoms with Crippen LogP contribution in [0.5, 0.6) is 0 Å². The lowest BCUT2D eigenvalue weighted by Crippen LogP contribution is -2.31. The van der Waals surface area contributed by atoms with E-state index in [-0.39, 0.29) is 11.9 Å². The third-order valence-corrected chi connectivity index (χ3v) is 5.54. The van der Waals surface area contributed by atoms with Crippen LogP contribution >= 0.6 is 0 Å². The van der Waals surface area contributed by atoms with Gasteiger partial charge in [-0.3, -0.25) is 9.69 Å². The molecule has 1 saturated carbocycles. The van der Waals surface area contributed by atoms with Gasteiger partial charge in [-0.2, -0.15) is 0 Å². The number of hydrogen-bond acceptors (Lipinski definition) is 3. The summed E-state index contributed by atoms with van der Waals surface area (Å²) in [6.07, 6.45) is 11.7. The Kier molecular flexibility index (Phi) is 8.59. The summed E-state index contributed by atoms with van der Waals surface area (Å²) in [5.41, 5.74) is 3.60. The Hall–Kier alpha value is -2.07. The number of amides is 1. The van der Waals surface area contributed by atoms with Crippen LogP contribution in [0.3, 0.4) is 0 Å². The van der Waals surface area contributed by atoms with Crippen LogP contribution in [0.2, 0.25) is 0 Å². The molecule has 4 heteroatoms. The molecule has 0 heterocycles. The highest BCUT2D eigenvalue weighted by atomic mass is 16.1. The number of hydrogen-bond donors (Lipinski definition) is 2. The van der Waals surface area contributed by atoms with E-state index in [9.17, 15) is 4.79 Å². The predicted molar refractivity (Wildman–Crippen MR) is 116 cm³/mol. The molecule has 1 amide bonds. The second kappa shape index (κ2) is 10.9. The average molecular weight is 370 g/mol. The van der Waals surface area contributed by atoms with Gasteiger partial charge in [-0.15, -0.1) is 6.58 Å². The van der Waals surface area contributed by atoms with E-state index in [1.54, 1.807) is 7.05 Å². The third-order valence-electron chi connectivity index (χ3n) is 5.54. The molecule has 1 aliphatic carbocycles. The normalized spacial score (nSPS) is 16.0. The number of rotatable bonds is 10. The first-order valence-electron chi connectivity index (χ1n) is 10.1. The van der Waals surface area contributed by atoms with Crippen LogP contribution in [0.25, 0.3) is 6.08 Å². The van der Waals surface area contributed by atoms with Gasteiger partial charge in [-0.25, -0.2) is 0 Å². The van der Waals surface area contributed by atoms with Crippen molar-refractivity contribution in [2.75, 3.05) is 19.4 Å². The quantitative estimate of drug-likeness (QED) is 0.593. The highest BCUT2D eigenvalue weighted by Gasteiger charge is 2.16. The Morgan fingerprint density at radius 2 is 2.04 bits per heavy atom. The van der Waals surface area contributed by atoms with Crippen LogP contribution in [0.15, 0.2) is 37.4 Å². The number of likely N-dealkylation sites (N-methyl/N-ethyl adjacent to an activating group) is 1. The Bertz CT molecular complexity index is 635. The molecule has 2 rings (SSSR count). The first-order valence-corrected chi connectivity index (χ1v) is 10.1. The lowest BCUT2D eigenvalue weighted by Gasteiger charge is -2.27. The monoisotopic (exact) mass is 369 g/mol. The predicted octanol–water partition coefficient (Wildman–Crippen LogP) is 4.59. The molecule has 4 nitrogen and oxygen atoms in total. The van der Waals surface area contributed by atoms with E-state index in [0.29, 0.717) is 12.5 Å². The van der Waals surface area contributed by atoms with Crippen molar-refractivity contribution < 1.29 is 4.79 Å². The van der Waals surface area contributed by atoms with Crippen LogP contribution < -0.4 is 10.6 Å². The summed E-state index contributed by atoms with van der Waals surface area (Å²) in [7, 11) is 3.76. The van der Waals surface area contributed by atoms with Gasteiger partial charge in [0.2, 0.25) is 5.91 Å². The Labute approximate surface area is 164 Å². The molecule has 148 valence electrons. The van der Waals surface area contributed by atoms with E-state index in [2.05, 4.69) is 53.9 Å². The van der Waals surface area contributed by atoms with Gasteiger partial charge < -0.3 is 10.6 Å². The summed E-state index contributed by atoms with van der Waals surface area (Å²) in [6.45, 7) is 8.72.